The van der Waals surface area contributed by atoms with E-state index in [0.717, 1.165) is 27.9 Å². The van der Waals surface area contributed by atoms with Crippen molar-refractivity contribution < 1.29 is 8.42 Å². The Labute approximate surface area is 135 Å². The average Bonchev–Trinajstić information content (AvgIpc) is 2.81. The molecule has 0 aliphatic heterocycles. The zero-order valence-corrected chi connectivity index (χ0v) is 14.3. The first-order valence-electron chi connectivity index (χ1n) is 7.13. The molecule has 0 amide bonds. The lowest BCUT2D eigenvalue weighted by Crippen LogP contribution is -2.22. The summed E-state index contributed by atoms with van der Waals surface area (Å²) in [5.41, 5.74) is 3.38. The predicted molar refractivity (Wildman–Crippen MR) is 89.6 cm³/mol. The van der Waals surface area contributed by atoms with Crippen LogP contribution in [0.25, 0.3) is 22.2 Å². The van der Waals surface area contributed by atoms with Crippen molar-refractivity contribution in [2.24, 2.45) is 7.05 Å². The van der Waals surface area contributed by atoms with Crippen LogP contribution in [0.5, 0.6) is 0 Å². The van der Waals surface area contributed by atoms with Crippen molar-refractivity contribution in [2.75, 3.05) is 14.1 Å². The minimum Gasteiger partial charge on any atom is -0.250 e. The zero-order valence-electron chi connectivity index (χ0n) is 13.5. The molecule has 0 fully saturated rings. The molecule has 2 heterocycles. The minimum absolute atomic E-state index is 0.267. The summed E-state index contributed by atoms with van der Waals surface area (Å²) in [6.07, 6.45) is 1.74. The molecule has 120 valence electrons. The Morgan fingerprint density at radius 2 is 1.87 bits per heavy atom. The summed E-state index contributed by atoms with van der Waals surface area (Å²) >= 11 is 0. The summed E-state index contributed by atoms with van der Waals surface area (Å²) in [4.78, 5) is 4.71. The van der Waals surface area contributed by atoms with Crippen LogP contribution >= 0.6 is 0 Å². The fraction of sp³-hybridized carbons (Fsp3) is 0.250. The van der Waals surface area contributed by atoms with Crippen LogP contribution in [0.1, 0.15) is 5.69 Å². The van der Waals surface area contributed by atoms with Gasteiger partial charge in [0, 0.05) is 38.3 Å². The number of nitrogens with zero attached hydrogens (tertiary/aromatic N) is 4. The maximum Gasteiger partial charge on any atom is 0.242 e. The molecule has 23 heavy (non-hydrogen) atoms. The van der Waals surface area contributed by atoms with Gasteiger partial charge in [0.05, 0.1) is 10.6 Å². The van der Waals surface area contributed by atoms with E-state index in [0.29, 0.717) is 0 Å². The lowest BCUT2D eigenvalue weighted by molar-refractivity contribution is 0.521. The lowest BCUT2D eigenvalue weighted by atomic mass is 10.1. The van der Waals surface area contributed by atoms with Gasteiger partial charge in [-0.15, -0.1) is 0 Å². The largest absolute Gasteiger partial charge is 0.250 e. The fourth-order valence-electron chi connectivity index (χ4n) is 2.51. The van der Waals surface area contributed by atoms with Gasteiger partial charge in [-0.3, -0.25) is 4.68 Å². The first-order chi connectivity index (χ1) is 10.8. The maximum atomic E-state index is 12.3. The molecule has 3 aromatic rings. The minimum atomic E-state index is -3.46. The Morgan fingerprint density at radius 1 is 1.13 bits per heavy atom. The SMILES string of the molecule is Cc1nn(C)c2ncc(-c3cccc(S(=O)(=O)N(C)C)c3)cc12. The van der Waals surface area contributed by atoms with Crippen LogP contribution in [-0.2, 0) is 17.1 Å². The van der Waals surface area contributed by atoms with Gasteiger partial charge in [0.1, 0.15) is 0 Å². The van der Waals surface area contributed by atoms with Crippen LogP contribution in [0.3, 0.4) is 0 Å². The molecule has 0 saturated carbocycles. The first kappa shape index (κ1) is 15.6. The topological polar surface area (TPSA) is 68.1 Å². The highest BCUT2D eigenvalue weighted by atomic mass is 32.2. The van der Waals surface area contributed by atoms with Crippen molar-refractivity contribution in [2.45, 2.75) is 11.8 Å². The van der Waals surface area contributed by atoms with Gasteiger partial charge in [-0.05, 0) is 30.7 Å². The van der Waals surface area contributed by atoms with Crippen LogP contribution in [0, 0.1) is 6.92 Å². The first-order valence-corrected chi connectivity index (χ1v) is 8.57. The summed E-state index contributed by atoms with van der Waals surface area (Å²) in [5.74, 6) is 0. The van der Waals surface area contributed by atoms with Crippen molar-refractivity contribution in [3.05, 3.63) is 42.2 Å². The Morgan fingerprint density at radius 3 is 2.57 bits per heavy atom. The number of benzene rings is 1. The number of hydrogen-bond acceptors (Lipinski definition) is 4. The fourth-order valence-corrected chi connectivity index (χ4v) is 3.46. The van der Waals surface area contributed by atoms with E-state index in [4.69, 9.17) is 0 Å². The standard InChI is InChI=1S/C16H18N4O2S/c1-11-15-9-13(10-17-16(15)20(4)18-11)12-6-5-7-14(8-12)23(21,22)19(2)3/h5-10H,1-4H3. The summed E-state index contributed by atoms with van der Waals surface area (Å²) in [5, 5.41) is 5.32. The van der Waals surface area contributed by atoms with Crippen LogP contribution in [0.4, 0.5) is 0 Å². The van der Waals surface area contributed by atoms with Crippen LogP contribution in [0.2, 0.25) is 0 Å². The lowest BCUT2D eigenvalue weighted by Gasteiger charge is -2.12. The van der Waals surface area contributed by atoms with E-state index in [2.05, 4.69) is 10.1 Å². The third-order valence-electron chi connectivity index (χ3n) is 3.81. The third kappa shape index (κ3) is 2.62. The predicted octanol–water partition coefficient (Wildman–Crippen LogP) is 2.19. The maximum absolute atomic E-state index is 12.3. The molecule has 7 heteroatoms. The van der Waals surface area contributed by atoms with E-state index in [1.54, 1.807) is 29.1 Å². The highest BCUT2D eigenvalue weighted by Gasteiger charge is 2.18. The van der Waals surface area contributed by atoms with Crippen molar-refractivity contribution in [1.29, 1.82) is 0 Å². The summed E-state index contributed by atoms with van der Waals surface area (Å²) < 4.78 is 27.5. The number of sulfonamides is 1. The van der Waals surface area contributed by atoms with E-state index in [1.165, 1.54) is 18.4 Å². The average molecular weight is 330 g/mol. The molecule has 0 aliphatic carbocycles. The molecule has 1 aromatic carbocycles. The second kappa shape index (κ2) is 5.43. The Bertz CT molecular complexity index is 990. The molecule has 0 N–H and O–H groups in total. The molecule has 0 bridgehead atoms. The molecule has 0 aliphatic rings. The van der Waals surface area contributed by atoms with E-state index in [9.17, 15) is 8.42 Å². The Kier molecular flexibility index (Phi) is 3.69. The molecular formula is C16H18N4O2S. The monoisotopic (exact) mass is 330 g/mol. The van der Waals surface area contributed by atoms with Gasteiger partial charge in [0.25, 0.3) is 0 Å². The van der Waals surface area contributed by atoms with E-state index in [-0.39, 0.29) is 4.90 Å². The molecular weight excluding hydrogens is 312 g/mol. The molecule has 6 nitrogen and oxygen atoms in total. The van der Waals surface area contributed by atoms with Crippen molar-refractivity contribution in [1.82, 2.24) is 19.1 Å². The second-order valence-corrected chi connectivity index (χ2v) is 7.77. The third-order valence-corrected chi connectivity index (χ3v) is 5.62. The molecule has 0 saturated heterocycles. The molecule has 0 unspecified atom stereocenters. The molecule has 0 spiro atoms. The van der Waals surface area contributed by atoms with Crippen molar-refractivity contribution in [3.8, 4) is 11.1 Å². The van der Waals surface area contributed by atoms with Gasteiger partial charge in [-0.1, -0.05) is 12.1 Å². The Hall–Kier alpha value is -2.25. The van der Waals surface area contributed by atoms with Gasteiger partial charge in [-0.25, -0.2) is 17.7 Å². The highest BCUT2D eigenvalue weighted by Crippen LogP contribution is 2.26. The molecule has 0 atom stereocenters. The van der Waals surface area contributed by atoms with Crippen molar-refractivity contribution >= 4 is 21.1 Å². The number of rotatable bonds is 3. The highest BCUT2D eigenvalue weighted by molar-refractivity contribution is 7.89. The van der Waals surface area contributed by atoms with Gasteiger partial charge in [0.2, 0.25) is 10.0 Å². The number of aromatic nitrogens is 3. The Balaban J connectivity index is 2.14. The number of hydrogen-bond donors (Lipinski definition) is 0. The second-order valence-electron chi connectivity index (χ2n) is 5.62. The van der Waals surface area contributed by atoms with E-state index < -0.39 is 10.0 Å². The molecule has 0 radical (unpaired) electrons. The van der Waals surface area contributed by atoms with Gasteiger partial charge in [-0.2, -0.15) is 5.10 Å². The summed E-state index contributed by atoms with van der Waals surface area (Å²) in [6, 6.07) is 8.88. The zero-order chi connectivity index (χ0) is 16.8. The van der Waals surface area contributed by atoms with Gasteiger partial charge in [0.15, 0.2) is 5.65 Å². The number of pyridine rings is 1. The molecule has 3 rings (SSSR count). The summed E-state index contributed by atoms with van der Waals surface area (Å²) in [7, 11) is 1.44. The van der Waals surface area contributed by atoms with Crippen molar-refractivity contribution in [3.63, 3.8) is 0 Å². The van der Waals surface area contributed by atoms with Crippen LogP contribution in [0.15, 0.2) is 41.4 Å². The van der Waals surface area contributed by atoms with E-state index >= 15 is 0 Å². The van der Waals surface area contributed by atoms with Crippen LogP contribution < -0.4 is 0 Å². The normalized spacial score (nSPS) is 12.2. The smallest absolute Gasteiger partial charge is 0.242 e. The van der Waals surface area contributed by atoms with Crippen LogP contribution in [-0.4, -0.2) is 41.6 Å². The molecule has 2 aromatic heterocycles. The van der Waals surface area contributed by atoms with Gasteiger partial charge < -0.3 is 0 Å². The quantitative estimate of drug-likeness (QED) is 0.738. The van der Waals surface area contributed by atoms with E-state index in [1.807, 2.05) is 26.1 Å². The van der Waals surface area contributed by atoms with Gasteiger partial charge >= 0.3 is 0 Å². The summed E-state index contributed by atoms with van der Waals surface area (Å²) in [6.45, 7) is 1.93. The number of aryl methyl sites for hydroxylation is 2. The number of fused-ring (bicyclic) bond motifs is 1.